The fourth-order valence-corrected chi connectivity index (χ4v) is 2.34. The molecule has 2 rings (SSSR count). The first-order valence-electron chi connectivity index (χ1n) is 6.54. The highest BCUT2D eigenvalue weighted by Gasteiger charge is 2.36. The number of rotatable bonds is 3. The third-order valence-corrected chi connectivity index (χ3v) is 3.38. The van der Waals surface area contributed by atoms with Crippen LogP contribution in [0.25, 0.3) is 0 Å². The summed E-state index contributed by atoms with van der Waals surface area (Å²) in [4.78, 5) is 35.4. The van der Waals surface area contributed by atoms with Crippen LogP contribution in [-0.4, -0.2) is 30.8 Å². The Balaban J connectivity index is 2.55. The van der Waals surface area contributed by atoms with Crippen molar-refractivity contribution in [2.75, 3.05) is 12.1 Å². The average molecular weight is 301 g/mol. The molecule has 0 spiro atoms. The molecule has 1 aliphatic heterocycles. The lowest BCUT2D eigenvalue weighted by atomic mass is 10.0. The SMILES string of the molecule is CNC(=O)c1cc(C#N)cc(C)c1N1NC(C(N)=O)CC1=O. The number of carbonyl (C=O) groups excluding carboxylic acids is 3. The number of benzene rings is 1. The van der Waals surface area contributed by atoms with Crippen LogP contribution in [0.2, 0.25) is 0 Å². The molecule has 3 amide bonds. The van der Waals surface area contributed by atoms with E-state index in [2.05, 4.69) is 10.7 Å². The summed E-state index contributed by atoms with van der Waals surface area (Å²) in [5.74, 6) is -1.46. The summed E-state index contributed by atoms with van der Waals surface area (Å²) in [7, 11) is 1.45. The molecule has 0 aliphatic carbocycles. The van der Waals surface area contributed by atoms with Gasteiger partial charge in [-0.05, 0) is 24.6 Å². The Kier molecular flexibility index (Phi) is 4.10. The number of hydrazine groups is 1. The van der Waals surface area contributed by atoms with Crippen LogP contribution in [0, 0.1) is 18.3 Å². The minimum Gasteiger partial charge on any atom is -0.368 e. The van der Waals surface area contributed by atoms with Crippen molar-refractivity contribution in [3.63, 3.8) is 0 Å². The Labute approximate surface area is 126 Å². The Morgan fingerprint density at radius 2 is 2.18 bits per heavy atom. The van der Waals surface area contributed by atoms with E-state index in [1.54, 1.807) is 13.0 Å². The van der Waals surface area contributed by atoms with E-state index in [1.807, 2.05) is 6.07 Å². The van der Waals surface area contributed by atoms with Gasteiger partial charge in [0.25, 0.3) is 5.91 Å². The summed E-state index contributed by atoms with van der Waals surface area (Å²) in [6.45, 7) is 1.68. The molecular weight excluding hydrogens is 286 g/mol. The summed E-state index contributed by atoms with van der Waals surface area (Å²) in [6.07, 6.45) is -0.0814. The molecule has 0 aromatic heterocycles. The van der Waals surface area contributed by atoms with Gasteiger partial charge in [-0.25, -0.2) is 10.4 Å². The Hall–Kier alpha value is -2.92. The lowest BCUT2D eigenvalue weighted by Gasteiger charge is -2.22. The van der Waals surface area contributed by atoms with Crippen LogP contribution in [0.5, 0.6) is 0 Å². The summed E-state index contributed by atoms with van der Waals surface area (Å²) in [5, 5.41) is 12.6. The van der Waals surface area contributed by atoms with Crippen LogP contribution < -0.4 is 21.5 Å². The molecular formula is C14H15N5O3. The molecule has 1 fully saturated rings. The van der Waals surface area contributed by atoms with E-state index < -0.39 is 17.9 Å². The molecule has 0 bridgehead atoms. The maximum absolute atomic E-state index is 12.1. The van der Waals surface area contributed by atoms with Gasteiger partial charge in [-0.3, -0.25) is 14.4 Å². The second-order valence-electron chi connectivity index (χ2n) is 4.90. The van der Waals surface area contributed by atoms with Gasteiger partial charge in [-0.2, -0.15) is 5.26 Å². The fourth-order valence-electron chi connectivity index (χ4n) is 2.34. The zero-order chi connectivity index (χ0) is 16.4. The maximum atomic E-state index is 12.1. The van der Waals surface area contributed by atoms with E-state index in [0.29, 0.717) is 16.8 Å². The predicted octanol–water partition coefficient (Wildman–Crippen LogP) is -0.679. The number of nitriles is 1. The molecule has 8 nitrogen and oxygen atoms in total. The molecule has 0 radical (unpaired) electrons. The van der Waals surface area contributed by atoms with Gasteiger partial charge in [0, 0.05) is 7.05 Å². The minimum absolute atomic E-state index is 0.0814. The summed E-state index contributed by atoms with van der Waals surface area (Å²) < 4.78 is 0. The van der Waals surface area contributed by atoms with Gasteiger partial charge in [0.1, 0.15) is 6.04 Å². The standard InChI is InChI=1S/C14H15N5O3/c1-7-3-8(6-15)4-9(14(22)17-2)12(7)19-11(20)5-10(18-19)13(16)21/h3-4,10,18H,5H2,1-2H3,(H2,16,21)(H,17,22). The smallest absolute Gasteiger partial charge is 0.253 e. The van der Waals surface area contributed by atoms with Gasteiger partial charge in [0.15, 0.2) is 0 Å². The van der Waals surface area contributed by atoms with Crippen molar-refractivity contribution in [1.82, 2.24) is 10.7 Å². The number of primary amides is 1. The molecule has 0 saturated carbocycles. The molecule has 1 aliphatic rings. The molecule has 8 heteroatoms. The maximum Gasteiger partial charge on any atom is 0.253 e. The minimum atomic E-state index is -0.819. The van der Waals surface area contributed by atoms with Crippen LogP contribution >= 0.6 is 0 Å². The number of nitrogens with zero attached hydrogens (tertiary/aromatic N) is 2. The fraction of sp³-hybridized carbons (Fsp3) is 0.286. The lowest BCUT2D eigenvalue weighted by Crippen LogP contribution is -2.44. The molecule has 1 heterocycles. The topological polar surface area (TPSA) is 128 Å². The Bertz CT molecular complexity index is 707. The number of nitrogens with one attached hydrogen (secondary N) is 2. The number of nitrogens with two attached hydrogens (primary N) is 1. The van der Waals surface area contributed by atoms with E-state index in [0.717, 1.165) is 5.01 Å². The van der Waals surface area contributed by atoms with E-state index in [4.69, 9.17) is 11.0 Å². The van der Waals surface area contributed by atoms with Gasteiger partial charge in [-0.1, -0.05) is 0 Å². The van der Waals surface area contributed by atoms with E-state index >= 15 is 0 Å². The first-order chi connectivity index (χ1) is 10.4. The highest BCUT2D eigenvalue weighted by molar-refractivity contribution is 6.07. The average Bonchev–Trinajstić information content (AvgIpc) is 2.87. The summed E-state index contributed by atoms with van der Waals surface area (Å²) >= 11 is 0. The van der Waals surface area contributed by atoms with Crippen LogP contribution in [-0.2, 0) is 9.59 Å². The van der Waals surface area contributed by atoms with Crippen molar-refractivity contribution in [2.24, 2.45) is 5.73 Å². The van der Waals surface area contributed by atoms with Crippen LogP contribution in [0.15, 0.2) is 12.1 Å². The van der Waals surface area contributed by atoms with Crippen molar-refractivity contribution in [1.29, 1.82) is 5.26 Å². The predicted molar refractivity (Wildman–Crippen MR) is 77.5 cm³/mol. The van der Waals surface area contributed by atoms with Gasteiger partial charge >= 0.3 is 0 Å². The highest BCUT2D eigenvalue weighted by Crippen LogP contribution is 2.29. The van der Waals surface area contributed by atoms with Crippen LogP contribution in [0.3, 0.4) is 0 Å². The summed E-state index contributed by atoms with van der Waals surface area (Å²) in [5.41, 5.74) is 9.25. The third-order valence-electron chi connectivity index (χ3n) is 3.38. The van der Waals surface area contributed by atoms with E-state index in [1.165, 1.54) is 13.1 Å². The quantitative estimate of drug-likeness (QED) is 0.681. The molecule has 1 unspecified atom stereocenters. The van der Waals surface area contributed by atoms with Crippen LogP contribution in [0.4, 0.5) is 5.69 Å². The molecule has 4 N–H and O–H groups in total. The lowest BCUT2D eigenvalue weighted by molar-refractivity contribution is -0.121. The first kappa shape index (κ1) is 15.5. The number of anilines is 1. The van der Waals surface area contributed by atoms with E-state index in [9.17, 15) is 14.4 Å². The summed E-state index contributed by atoms with van der Waals surface area (Å²) in [6, 6.07) is 4.11. The second kappa shape index (κ2) is 5.83. The Morgan fingerprint density at radius 1 is 1.50 bits per heavy atom. The number of hydrogen-bond donors (Lipinski definition) is 3. The number of amides is 3. The third kappa shape index (κ3) is 2.62. The van der Waals surface area contributed by atoms with Gasteiger partial charge in [0.05, 0.1) is 29.3 Å². The Morgan fingerprint density at radius 3 is 2.68 bits per heavy atom. The number of hydrogen-bond acceptors (Lipinski definition) is 5. The number of aryl methyl sites for hydroxylation is 1. The van der Waals surface area contributed by atoms with E-state index in [-0.39, 0.29) is 17.9 Å². The van der Waals surface area contributed by atoms with Gasteiger partial charge in [0.2, 0.25) is 11.8 Å². The van der Waals surface area contributed by atoms with Gasteiger partial charge < -0.3 is 11.1 Å². The van der Waals surface area contributed by atoms with Crippen molar-refractivity contribution < 1.29 is 14.4 Å². The van der Waals surface area contributed by atoms with Gasteiger partial charge in [-0.15, -0.1) is 0 Å². The molecule has 1 atom stereocenters. The zero-order valence-electron chi connectivity index (χ0n) is 12.1. The molecule has 1 aromatic rings. The molecule has 22 heavy (non-hydrogen) atoms. The monoisotopic (exact) mass is 301 g/mol. The largest absolute Gasteiger partial charge is 0.368 e. The van der Waals surface area contributed by atoms with Crippen molar-refractivity contribution >= 4 is 23.4 Å². The molecule has 114 valence electrons. The van der Waals surface area contributed by atoms with Crippen molar-refractivity contribution in [3.05, 3.63) is 28.8 Å². The molecule has 1 aromatic carbocycles. The first-order valence-corrected chi connectivity index (χ1v) is 6.54. The zero-order valence-corrected chi connectivity index (χ0v) is 12.1. The van der Waals surface area contributed by atoms with Crippen molar-refractivity contribution in [2.45, 2.75) is 19.4 Å². The normalized spacial score (nSPS) is 17.2. The second-order valence-corrected chi connectivity index (χ2v) is 4.90. The van der Waals surface area contributed by atoms with Crippen molar-refractivity contribution in [3.8, 4) is 6.07 Å². The highest BCUT2D eigenvalue weighted by atomic mass is 16.2. The molecule has 1 saturated heterocycles. The van der Waals surface area contributed by atoms with Crippen LogP contribution in [0.1, 0.15) is 27.9 Å². The number of carbonyl (C=O) groups is 3.